The molecule has 1 atom stereocenters. The van der Waals surface area contributed by atoms with Gasteiger partial charge in [-0.15, -0.1) is 12.4 Å². The van der Waals surface area contributed by atoms with Crippen LogP contribution in [-0.4, -0.2) is 24.8 Å². The third-order valence-corrected chi connectivity index (χ3v) is 1.38. The van der Waals surface area contributed by atoms with E-state index in [1.807, 2.05) is 7.05 Å². The van der Waals surface area contributed by atoms with Crippen LogP contribution in [0, 0.1) is 5.92 Å². The van der Waals surface area contributed by atoms with Crippen LogP contribution < -0.4 is 5.32 Å². The van der Waals surface area contributed by atoms with Gasteiger partial charge in [-0.25, -0.2) is 0 Å². The molecule has 10 heavy (non-hydrogen) atoms. The van der Waals surface area contributed by atoms with Gasteiger partial charge in [0.2, 0.25) is 0 Å². The number of hydrogen-bond donors (Lipinski definition) is 2. The molecule has 3 heteroatoms. The predicted octanol–water partition coefficient (Wildman–Crippen LogP) is 1.03. The Kier molecular flexibility index (Phi) is 9.40. The monoisotopic (exact) mass is 167 g/mol. The molecule has 0 spiro atoms. The van der Waals surface area contributed by atoms with Crippen molar-refractivity contribution in [2.45, 2.75) is 26.3 Å². The summed E-state index contributed by atoms with van der Waals surface area (Å²) in [5.41, 5.74) is 0. The normalized spacial score (nSPS) is 12.9. The van der Waals surface area contributed by atoms with Crippen LogP contribution in [0.2, 0.25) is 0 Å². The standard InChI is InChI=1S/C7H17NO.ClH/c1-6(2)4-7(5-9)8-3;/h6-9H,4-5H2,1-3H3;1H/t7-;/m1./s1. The van der Waals surface area contributed by atoms with E-state index in [0.29, 0.717) is 5.92 Å². The van der Waals surface area contributed by atoms with Crippen molar-refractivity contribution in [3.05, 3.63) is 0 Å². The first-order valence-electron chi connectivity index (χ1n) is 3.48. The van der Waals surface area contributed by atoms with Crippen LogP contribution in [0.1, 0.15) is 20.3 Å². The molecule has 0 saturated carbocycles. The Labute approximate surface area is 69.4 Å². The highest BCUT2D eigenvalue weighted by molar-refractivity contribution is 5.85. The zero-order chi connectivity index (χ0) is 7.28. The summed E-state index contributed by atoms with van der Waals surface area (Å²) in [6.07, 6.45) is 1.05. The third kappa shape index (κ3) is 6.33. The summed E-state index contributed by atoms with van der Waals surface area (Å²) in [5.74, 6) is 0.662. The average molecular weight is 168 g/mol. The van der Waals surface area contributed by atoms with E-state index in [4.69, 9.17) is 5.11 Å². The van der Waals surface area contributed by atoms with Crippen LogP contribution in [0.3, 0.4) is 0 Å². The molecule has 0 radical (unpaired) electrons. The van der Waals surface area contributed by atoms with Gasteiger partial charge in [0.05, 0.1) is 6.61 Å². The van der Waals surface area contributed by atoms with Gasteiger partial charge in [0.15, 0.2) is 0 Å². The second kappa shape index (κ2) is 7.32. The van der Waals surface area contributed by atoms with Gasteiger partial charge in [-0.1, -0.05) is 13.8 Å². The quantitative estimate of drug-likeness (QED) is 0.656. The van der Waals surface area contributed by atoms with Crippen LogP contribution >= 0.6 is 12.4 Å². The van der Waals surface area contributed by atoms with E-state index in [1.165, 1.54) is 0 Å². The van der Waals surface area contributed by atoms with Gasteiger partial charge in [0.1, 0.15) is 0 Å². The Balaban J connectivity index is 0. The SMILES string of the molecule is CN[C@@H](CO)CC(C)C.Cl. The fourth-order valence-electron chi connectivity index (χ4n) is 0.853. The molecule has 0 heterocycles. The summed E-state index contributed by atoms with van der Waals surface area (Å²) in [7, 11) is 1.88. The van der Waals surface area contributed by atoms with Crippen molar-refractivity contribution in [3.8, 4) is 0 Å². The number of nitrogens with one attached hydrogen (secondary N) is 1. The van der Waals surface area contributed by atoms with Gasteiger partial charge in [-0.3, -0.25) is 0 Å². The van der Waals surface area contributed by atoms with Gasteiger partial charge in [-0.2, -0.15) is 0 Å². The lowest BCUT2D eigenvalue weighted by molar-refractivity contribution is 0.231. The molecular weight excluding hydrogens is 150 g/mol. The number of rotatable bonds is 4. The van der Waals surface area contributed by atoms with Crippen LogP contribution in [0.25, 0.3) is 0 Å². The zero-order valence-corrected chi connectivity index (χ0v) is 7.74. The van der Waals surface area contributed by atoms with Gasteiger partial charge in [-0.05, 0) is 19.4 Å². The summed E-state index contributed by atoms with van der Waals surface area (Å²) < 4.78 is 0. The lowest BCUT2D eigenvalue weighted by Crippen LogP contribution is -2.30. The minimum atomic E-state index is 0. The zero-order valence-electron chi connectivity index (χ0n) is 6.92. The van der Waals surface area contributed by atoms with Crippen molar-refractivity contribution in [2.75, 3.05) is 13.7 Å². The van der Waals surface area contributed by atoms with Crippen molar-refractivity contribution < 1.29 is 5.11 Å². The van der Waals surface area contributed by atoms with Crippen molar-refractivity contribution in [3.63, 3.8) is 0 Å². The van der Waals surface area contributed by atoms with Crippen molar-refractivity contribution in [1.29, 1.82) is 0 Å². The highest BCUT2D eigenvalue weighted by Crippen LogP contribution is 2.02. The average Bonchev–Trinajstić information content (AvgIpc) is 1.82. The van der Waals surface area contributed by atoms with E-state index >= 15 is 0 Å². The fourth-order valence-corrected chi connectivity index (χ4v) is 0.853. The largest absolute Gasteiger partial charge is 0.395 e. The lowest BCUT2D eigenvalue weighted by Gasteiger charge is -2.14. The molecule has 2 N–H and O–H groups in total. The maximum Gasteiger partial charge on any atom is 0.0584 e. The topological polar surface area (TPSA) is 32.3 Å². The van der Waals surface area contributed by atoms with E-state index in [2.05, 4.69) is 19.2 Å². The molecule has 0 aliphatic carbocycles. The summed E-state index contributed by atoms with van der Waals surface area (Å²) in [6.45, 7) is 4.55. The first kappa shape index (κ1) is 12.8. The summed E-state index contributed by atoms with van der Waals surface area (Å²) in [4.78, 5) is 0. The maximum atomic E-state index is 8.71. The summed E-state index contributed by atoms with van der Waals surface area (Å²) in [5, 5.41) is 11.7. The highest BCUT2D eigenvalue weighted by Gasteiger charge is 2.04. The molecule has 0 aliphatic heterocycles. The molecule has 0 amide bonds. The smallest absolute Gasteiger partial charge is 0.0584 e. The number of halogens is 1. The third-order valence-electron chi connectivity index (χ3n) is 1.38. The van der Waals surface area contributed by atoms with E-state index < -0.39 is 0 Å². The minimum Gasteiger partial charge on any atom is -0.395 e. The van der Waals surface area contributed by atoms with E-state index in [1.54, 1.807) is 0 Å². The van der Waals surface area contributed by atoms with Gasteiger partial charge in [0.25, 0.3) is 0 Å². The highest BCUT2D eigenvalue weighted by atomic mass is 35.5. The van der Waals surface area contributed by atoms with Crippen molar-refractivity contribution in [1.82, 2.24) is 5.32 Å². The van der Waals surface area contributed by atoms with E-state index in [9.17, 15) is 0 Å². The molecule has 0 bridgehead atoms. The van der Waals surface area contributed by atoms with Crippen LogP contribution in [0.4, 0.5) is 0 Å². The van der Waals surface area contributed by atoms with Crippen molar-refractivity contribution in [2.24, 2.45) is 5.92 Å². The molecule has 0 fully saturated rings. The number of hydrogen-bond acceptors (Lipinski definition) is 2. The molecule has 0 saturated heterocycles. The number of likely N-dealkylation sites (N-methyl/N-ethyl adjacent to an activating group) is 1. The lowest BCUT2D eigenvalue weighted by atomic mass is 10.1. The van der Waals surface area contributed by atoms with Gasteiger partial charge < -0.3 is 10.4 Å². The number of aliphatic hydroxyl groups excluding tert-OH is 1. The molecule has 0 aliphatic rings. The van der Waals surface area contributed by atoms with E-state index in [0.717, 1.165) is 6.42 Å². The first-order chi connectivity index (χ1) is 4.20. The van der Waals surface area contributed by atoms with Crippen LogP contribution in [-0.2, 0) is 0 Å². The molecule has 0 aromatic rings. The Morgan fingerprint density at radius 1 is 1.40 bits per heavy atom. The van der Waals surface area contributed by atoms with Crippen LogP contribution in [0.15, 0.2) is 0 Å². The summed E-state index contributed by atoms with van der Waals surface area (Å²) in [6, 6.07) is 0.282. The molecule has 0 rings (SSSR count). The molecule has 0 unspecified atom stereocenters. The Hall–Kier alpha value is 0.210. The Bertz CT molecular complexity index is 64.6. The maximum absolute atomic E-state index is 8.71. The second-order valence-corrected chi connectivity index (χ2v) is 2.80. The Morgan fingerprint density at radius 2 is 1.90 bits per heavy atom. The van der Waals surface area contributed by atoms with Crippen molar-refractivity contribution >= 4 is 12.4 Å². The first-order valence-corrected chi connectivity index (χ1v) is 3.48. The molecule has 64 valence electrons. The number of aliphatic hydroxyl groups is 1. The Morgan fingerprint density at radius 3 is 2.00 bits per heavy atom. The molecule has 2 nitrogen and oxygen atoms in total. The summed E-state index contributed by atoms with van der Waals surface area (Å²) >= 11 is 0. The van der Waals surface area contributed by atoms with Crippen LogP contribution in [0.5, 0.6) is 0 Å². The van der Waals surface area contributed by atoms with Gasteiger partial charge in [0, 0.05) is 6.04 Å². The van der Waals surface area contributed by atoms with Gasteiger partial charge >= 0.3 is 0 Å². The fraction of sp³-hybridized carbons (Fsp3) is 1.00. The second-order valence-electron chi connectivity index (χ2n) is 2.80. The molecule has 0 aromatic carbocycles. The molecule has 0 aromatic heterocycles. The predicted molar refractivity (Wildman–Crippen MR) is 46.6 cm³/mol. The minimum absolute atomic E-state index is 0. The molecular formula is C7H18ClNO. The van der Waals surface area contributed by atoms with E-state index in [-0.39, 0.29) is 25.1 Å².